The quantitative estimate of drug-likeness (QED) is 0.780. The van der Waals surface area contributed by atoms with Gasteiger partial charge in [-0.2, -0.15) is 0 Å². The minimum Gasteiger partial charge on any atom is -0.491 e. The Bertz CT molecular complexity index is 442. The van der Waals surface area contributed by atoms with Gasteiger partial charge in [0.15, 0.2) is 5.78 Å². The second kappa shape index (κ2) is 6.20. The van der Waals surface area contributed by atoms with Gasteiger partial charge in [0.2, 0.25) is 0 Å². The number of ether oxygens (including phenoxy) is 1. The van der Waals surface area contributed by atoms with Crippen molar-refractivity contribution in [2.45, 2.75) is 32.8 Å². The number of benzene rings is 1. The molecule has 19 heavy (non-hydrogen) atoms. The molecule has 1 atom stereocenters. The third-order valence-electron chi connectivity index (χ3n) is 3.49. The van der Waals surface area contributed by atoms with Gasteiger partial charge in [-0.15, -0.1) is 0 Å². The Labute approximate surface area is 115 Å². The highest BCUT2D eigenvalue weighted by molar-refractivity contribution is 5.98. The highest BCUT2D eigenvalue weighted by Gasteiger charge is 2.25. The lowest BCUT2D eigenvalue weighted by Gasteiger charge is -2.28. The molecule has 2 rings (SSSR count). The van der Waals surface area contributed by atoms with Crippen molar-refractivity contribution in [3.8, 4) is 5.75 Å². The summed E-state index contributed by atoms with van der Waals surface area (Å²) in [6.45, 7) is 5.95. The molecule has 0 saturated carbocycles. The Morgan fingerprint density at radius 3 is 2.89 bits per heavy atom. The van der Waals surface area contributed by atoms with Gasteiger partial charge in [-0.25, -0.2) is 0 Å². The van der Waals surface area contributed by atoms with Crippen LogP contribution in [0.4, 0.5) is 0 Å². The second-order valence-electron chi connectivity index (χ2n) is 5.66. The van der Waals surface area contributed by atoms with Gasteiger partial charge in [-0.1, -0.05) is 12.1 Å². The molecule has 0 radical (unpaired) electrons. The maximum Gasteiger partial charge on any atom is 0.167 e. The number of Topliss-reactive ketones (excluding diaryl/α,β-unsaturated/α-hetero) is 1. The van der Waals surface area contributed by atoms with Gasteiger partial charge < -0.3 is 9.64 Å². The largest absolute Gasteiger partial charge is 0.491 e. The zero-order valence-corrected chi connectivity index (χ0v) is 12.1. The van der Waals surface area contributed by atoms with E-state index in [-0.39, 0.29) is 17.8 Å². The summed E-state index contributed by atoms with van der Waals surface area (Å²) in [5.74, 6) is 1.17. The Morgan fingerprint density at radius 2 is 2.21 bits per heavy atom. The van der Waals surface area contributed by atoms with Crippen LogP contribution >= 0.6 is 0 Å². The van der Waals surface area contributed by atoms with E-state index in [0.717, 1.165) is 37.2 Å². The van der Waals surface area contributed by atoms with Crippen LogP contribution in [0, 0.1) is 5.92 Å². The molecule has 0 spiro atoms. The fourth-order valence-corrected chi connectivity index (χ4v) is 2.61. The summed E-state index contributed by atoms with van der Waals surface area (Å²) < 4.78 is 5.65. The van der Waals surface area contributed by atoms with E-state index in [4.69, 9.17) is 4.74 Å². The van der Waals surface area contributed by atoms with Crippen LogP contribution in [0.25, 0.3) is 0 Å². The molecule has 1 unspecified atom stereocenters. The molecule has 0 amide bonds. The summed E-state index contributed by atoms with van der Waals surface area (Å²) in [6.07, 6.45) is 2.24. The van der Waals surface area contributed by atoms with Gasteiger partial charge >= 0.3 is 0 Å². The number of hydrogen-bond acceptors (Lipinski definition) is 3. The van der Waals surface area contributed by atoms with Crippen LogP contribution < -0.4 is 4.74 Å². The second-order valence-corrected chi connectivity index (χ2v) is 5.66. The van der Waals surface area contributed by atoms with Crippen molar-refractivity contribution in [1.82, 2.24) is 4.90 Å². The third kappa shape index (κ3) is 3.80. The normalized spacial score (nSPS) is 20.5. The SMILES string of the molecule is CC(C)Oc1cccc(C(=O)C2CCCN(C)C2)c1. The van der Waals surface area contributed by atoms with Gasteiger partial charge in [0.25, 0.3) is 0 Å². The van der Waals surface area contributed by atoms with E-state index in [1.165, 1.54) is 0 Å². The molecule has 1 saturated heterocycles. The van der Waals surface area contributed by atoms with Crippen LogP contribution in [-0.4, -0.2) is 36.9 Å². The van der Waals surface area contributed by atoms with E-state index < -0.39 is 0 Å². The van der Waals surface area contributed by atoms with Crippen LogP contribution in [-0.2, 0) is 0 Å². The van der Waals surface area contributed by atoms with Crippen molar-refractivity contribution >= 4 is 5.78 Å². The van der Waals surface area contributed by atoms with Crippen molar-refractivity contribution in [3.63, 3.8) is 0 Å². The number of likely N-dealkylation sites (tertiary alicyclic amines) is 1. The maximum atomic E-state index is 12.5. The van der Waals surface area contributed by atoms with Crippen molar-refractivity contribution in [1.29, 1.82) is 0 Å². The third-order valence-corrected chi connectivity index (χ3v) is 3.49. The lowest BCUT2D eigenvalue weighted by atomic mass is 9.90. The number of carbonyl (C=O) groups is 1. The van der Waals surface area contributed by atoms with E-state index in [9.17, 15) is 4.79 Å². The number of nitrogens with zero attached hydrogens (tertiary/aromatic N) is 1. The number of carbonyl (C=O) groups excluding carboxylic acids is 1. The molecule has 1 aliphatic rings. The zero-order valence-electron chi connectivity index (χ0n) is 12.1. The van der Waals surface area contributed by atoms with E-state index in [1.807, 2.05) is 38.1 Å². The fourth-order valence-electron chi connectivity index (χ4n) is 2.61. The molecule has 0 N–H and O–H groups in total. The Kier molecular flexibility index (Phi) is 4.59. The molecule has 1 heterocycles. The Morgan fingerprint density at radius 1 is 1.42 bits per heavy atom. The Balaban J connectivity index is 2.10. The molecule has 1 aromatic carbocycles. The molecular weight excluding hydrogens is 238 g/mol. The topological polar surface area (TPSA) is 29.5 Å². The average Bonchev–Trinajstić information content (AvgIpc) is 2.37. The fraction of sp³-hybridized carbons (Fsp3) is 0.562. The van der Waals surface area contributed by atoms with Crippen LogP contribution in [0.3, 0.4) is 0 Å². The smallest absolute Gasteiger partial charge is 0.167 e. The average molecular weight is 261 g/mol. The van der Waals surface area contributed by atoms with Gasteiger partial charge in [0.05, 0.1) is 6.10 Å². The van der Waals surface area contributed by atoms with Gasteiger partial charge in [0, 0.05) is 18.0 Å². The van der Waals surface area contributed by atoms with Crippen molar-refractivity contribution < 1.29 is 9.53 Å². The van der Waals surface area contributed by atoms with E-state index >= 15 is 0 Å². The van der Waals surface area contributed by atoms with Crippen LogP contribution in [0.15, 0.2) is 24.3 Å². The molecule has 1 aromatic rings. The first kappa shape index (κ1) is 14.1. The van der Waals surface area contributed by atoms with E-state index in [1.54, 1.807) is 0 Å². The summed E-state index contributed by atoms with van der Waals surface area (Å²) in [5.41, 5.74) is 0.776. The molecule has 3 heteroatoms. The van der Waals surface area contributed by atoms with Crippen molar-refractivity contribution in [2.75, 3.05) is 20.1 Å². The lowest BCUT2D eigenvalue weighted by molar-refractivity contribution is 0.0842. The molecule has 0 aliphatic carbocycles. The molecule has 1 fully saturated rings. The van der Waals surface area contributed by atoms with Crippen LogP contribution in [0.2, 0.25) is 0 Å². The minimum absolute atomic E-state index is 0.131. The van der Waals surface area contributed by atoms with Gasteiger partial charge in [-0.3, -0.25) is 4.79 Å². The highest BCUT2D eigenvalue weighted by atomic mass is 16.5. The van der Waals surface area contributed by atoms with Gasteiger partial charge in [0.1, 0.15) is 5.75 Å². The zero-order chi connectivity index (χ0) is 13.8. The standard InChI is InChI=1S/C16H23NO2/c1-12(2)19-15-8-4-6-13(10-15)16(18)14-7-5-9-17(3)11-14/h4,6,8,10,12,14H,5,7,9,11H2,1-3H3. The number of piperidine rings is 1. The number of ketones is 1. The molecule has 1 aliphatic heterocycles. The number of hydrogen-bond donors (Lipinski definition) is 0. The Hall–Kier alpha value is -1.35. The minimum atomic E-state index is 0.131. The van der Waals surface area contributed by atoms with E-state index in [0.29, 0.717) is 0 Å². The summed E-state index contributed by atoms with van der Waals surface area (Å²) in [5, 5.41) is 0. The predicted molar refractivity (Wildman–Crippen MR) is 76.8 cm³/mol. The molecule has 3 nitrogen and oxygen atoms in total. The molecule has 104 valence electrons. The molecule has 0 bridgehead atoms. The first-order chi connectivity index (χ1) is 9.06. The summed E-state index contributed by atoms with van der Waals surface area (Å²) >= 11 is 0. The highest BCUT2D eigenvalue weighted by Crippen LogP contribution is 2.22. The van der Waals surface area contributed by atoms with Crippen LogP contribution in [0.5, 0.6) is 5.75 Å². The van der Waals surface area contributed by atoms with Gasteiger partial charge in [-0.05, 0) is 52.4 Å². The van der Waals surface area contributed by atoms with Crippen molar-refractivity contribution in [2.24, 2.45) is 5.92 Å². The first-order valence-corrected chi connectivity index (χ1v) is 7.05. The lowest BCUT2D eigenvalue weighted by Crippen LogP contribution is -2.36. The molecular formula is C16H23NO2. The monoisotopic (exact) mass is 261 g/mol. The summed E-state index contributed by atoms with van der Waals surface area (Å²) in [7, 11) is 2.08. The molecule has 0 aromatic heterocycles. The van der Waals surface area contributed by atoms with Crippen molar-refractivity contribution in [3.05, 3.63) is 29.8 Å². The maximum absolute atomic E-state index is 12.5. The van der Waals surface area contributed by atoms with E-state index in [2.05, 4.69) is 11.9 Å². The van der Waals surface area contributed by atoms with Crippen LogP contribution in [0.1, 0.15) is 37.0 Å². The predicted octanol–water partition coefficient (Wildman–Crippen LogP) is 3.00. The summed E-state index contributed by atoms with van der Waals surface area (Å²) in [6, 6.07) is 7.57. The summed E-state index contributed by atoms with van der Waals surface area (Å²) in [4.78, 5) is 14.7. The number of rotatable bonds is 4. The first-order valence-electron chi connectivity index (χ1n) is 7.05.